The monoisotopic (exact) mass is 220 g/mol. The van der Waals surface area contributed by atoms with Crippen LogP contribution in [-0.2, 0) is 4.79 Å². The van der Waals surface area contributed by atoms with Crippen LogP contribution in [0.1, 0.15) is 12.8 Å². The normalized spacial score (nSPS) is 14.6. The number of hydrogen-bond donors (Lipinski definition) is 3. The fourth-order valence-electron chi connectivity index (χ4n) is 0.671. The average molecular weight is 220 g/mol. The van der Waals surface area contributed by atoms with Gasteiger partial charge in [0.05, 0.1) is 0 Å². The number of hydrogen-bond acceptors (Lipinski definition) is 4. The lowest BCUT2D eigenvalue weighted by atomic mass is 10.2. The molecular formula is C6H13N4O3P. The molecule has 2 atom stereocenters. The highest BCUT2D eigenvalue weighted by Crippen LogP contribution is 1.97. The minimum Gasteiger partial charge on any atom is -0.595 e. The SMILES string of the molecule is NC(CCCN=CN=[P+](N)[O-])C(=O)O. The average Bonchev–Trinajstić information content (AvgIpc) is 2.09. The molecule has 8 heteroatoms. The van der Waals surface area contributed by atoms with E-state index in [9.17, 15) is 9.69 Å². The first-order chi connectivity index (χ1) is 6.54. The molecule has 0 amide bonds. The largest absolute Gasteiger partial charge is 0.595 e. The molecule has 0 bridgehead atoms. The number of nitrogens with zero attached hydrogens (tertiary/aromatic N) is 2. The zero-order valence-electron chi connectivity index (χ0n) is 7.54. The van der Waals surface area contributed by atoms with Crippen LogP contribution in [0.5, 0.6) is 0 Å². The van der Waals surface area contributed by atoms with Gasteiger partial charge in [0.2, 0.25) is 0 Å². The van der Waals surface area contributed by atoms with Crippen molar-refractivity contribution in [3.05, 3.63) is 0 Å². The van der Waals surface area contributed by atoms with E-state index in [2.05, 4.69) is 9.74 Å². The predicted molar refractivity (Wildman–Crippen MR) is 51.7 cm³/mol. The van der Waals surface area contributed by atoms with Crippen LogP contribution in [0.15, 0.2) is 9.74 Å². The number of carbonyl (C=O) groups is 1. The van der Waals surface area contributed by atoms with E-state index in [1.807, 2.05) is 0 Å². The Morgan fingerprint density at radius 2 is 2.36 bits per heavy atom. The van der Waals surface area contributed by atoms with Gasteiger partial charge in [-0.2, -0.15) is 0 Å². The molecule has 2 unspecified atom stereocenters. The Morgan fingerprint density at radius 3 is 2.86 bits per heavy atom. The summed E-state index contributed by atoms with van der Waals surface area (Å²) in [7, 11) is -2.04. The summed E-state index contributed by atoms with van der Waals surface area (Å²) in [6.07, 6.45) is 2.01. The van der Waals surface area contributed by atoms with Crippen molar-refractivity contribution < 1.29 is 14.8 Å². The molecule has 0 heterocycles. The van der Waals surface area contributed by atoms with Crippen LogP contribution in [0.25, 0.3) is 0 Å². The van der Waals surface area contributed by atoms with Crippen molar-refractivity contribution >= 4 is 20.4 Å². The first kappa shape index (κ1) is 13.1. The standard InChI is InChI=1S/C6H13N4O3P/c7-5(6(11)12)2-1-3-9-4-10-14(8)13/h4-5H,1-3,7H2,(H,11,12)(H2,8,9,10). The molecule has 0 aliphatic rings. The fraction of sp³-hybridized carbons (Fsp3) is 0.667. The maximum atomic E-state index is 10.3. The predicted octanol–water partition coefficient (Wildman–Crippen LogP) is -0.979. The summed E-state index contributed by atoms with van der Waals surface area (Å²) in [6.45, 7) is 0.396. The Labute approximate surface area is 82.4 Å². The first-order valence-corrected chi connectivity index (χ1v) is 5.21. The summed E-state index contributed by atoms with van der Waals surface area (Å²) in [6, 6.07) is -0.853. The lowest BCUT2D eigenvalue weighted by Gasteiger charge is -2.02. The van der Waals surface area contributed by atoms with Gasteiger partial charge in [-0.05, 0) is 17.6 Å². The van der Waals surface area contributed by atoms with Gasteiger partial charge in [-0.1, -0.05) is 0 Å². The molecule has 80 valence electrons. The second kappa shape index (κ2) is 7.52. The van der Waals surface area contributed by atoms with E-state index < -0.39 is 20.1 Å². The fourth-order valence-corrected chi connectivity index (χ4v) is 0.846. The van der Waals surface area contributed by atoms with Gasteiger partial charge in [-0.3, -0.25) is 9.79 Å². The molecule has 0 aromatic carbocycles. The van der Waals surface area contributed by atoms with Gasteiger partial charge in [-0.25, -0.2) is 0 Å². The maximum absolute atomic E-state index is 10.3. The molecule has 0 radical (unpaired) electrons. The summed E-state index contributed by atoms with van der Waals surface area (Å²) in [4.78, 5) is 24.3. The molecule has 0 aliphatic carbocycles. The van der Waals surface area contributed by atoms with Crippen molar-refractivity contribution in [1.82, 2.24) is 0 Å². The van der Waals surface area contributed by atoms with Crippen molar-refractivity contribution in [2.75, 3.05) is 6.54 Å². The zero-order valence-corrected chi connectivity index (χ0v) is 8.43. The van der Waals surface area contributed by atoms with Gasteiger partial charge >= 0.3 is 5.97 Å². The number of aliphatic imine (C=N–C) groups is 1. The number of aliphatic carboxylic acids is 1. The molecule has 0 aliphatic heterocycles. The van der Waals surface area contributed by atoms with Crippen LogP contribution in [0.3, 0.4) is 0 Å². The number of rotatable bonds is 6. The topological polar surface area (TPSA) is 137 Å². The van der Waals surface area contributed by atoms with Crippen molar-refractivity contribution in [3.63, 3.8) is 0 Å². The molecule has 0 aromatic rings. The van der Waals surface area contributed by atoms with Gasteiger partial charge in [0.15, 0.2) is 6.34 Å². The maximum Gasteiger partial charge on any atom is 0.320 e. The smallest absolute Gasteiger partial charge is 0.320 e. The lowest BCUT2D eigenvalue weighted by Crippen LogP contribution is -2.29. The van der Waals surface area contributed by atoms with Gasteiger partial charge in [-0.15, -0.1) is 5.50 Å². The molecule has 0 spiro atoms. The van der Waals surface area contributed by atoms with Crippen LogP contribution in [-0.4, -0.2) is 30.0 Å². The number of carboxylic acid groups (broad SMARTS) is 1. The summed E-state index contributed by atoms with van der Waals surface area (Å²) in [5, 5.41) is 8.42. The highest BCUT2D eigenvalue weighted by atomic mass is 31.1. The quantitative estimate of drug-likeness (QED) is 0.228. The van der Waals surface area contributed by atoms with Crippen LogP contribution < -0.4 is 16.1 Å². The summed E-state index contributed by atoms with van der Waals surface area (Å²) < 4.78 is 3.32. The Bertz CT molecular complexity index is 239. The summed E-state index contributed by atoms with van der Waals surface area (Å²) >= 11 is 0. The van der Waals surface area contributed by atoms with Crippen LogP contribution in [0.4, 0.5) is 0 Å². The van der Waals surface area contributed by atoms with E-state index in [0.717, 1.165) is 6.34 Å². The lowest BCUT2D eigenvalue weighted by molar-refractivity contribution is -0.155. The molecule has 0 fully saturated rings. The Morgan fingerprint density at radius 1 is 1.71 bits per heavy atom. The van der Waals surface area contributed by atoms with E-state index in [1.54, 1.807) is 0 Å². The van der Waals surface area contributed by atoms with E-state index in [4.69, 9.17) is 16.3 Å². The molecule has 14 heavy (non-hydrogen) atoms. The molecule has 5 N–H and O–H groups in total. The number of carboxylic acids is 1. The zero-order chi connectivity index (χ0) is 11.0. The van der Waals surface area contributed by atoms with Gasteiger partial charge in [0.25, 0.3) is 8.09 Å². The summed E-state index contributed by atoms with van der Waals surface area (Å²) in [5.74, 6) is -1.02. The van der Waals surface area contributed by atoms with Gasteiger partial charge < -0.3 is 15.7 Å². The minimum absolute atomic E-state index is 0.349. The third-order valence-electron chi connectivity index (χ3n) is 1.37. The van der Waals surface area contributed by atoms with E-state index in [1.165, 1.54) is 0 Å². The summed E-state index contributed by atoms with van der Waals surface area (Å²) in [5.41, 5.74) is 10.1. The van der Waals surface area contributed by atoms with Crippen molar-refractivity contribution in [3.8, 4) is 0 Å². The third kappa shape index (κ3) is 7.75. The molecule has 0 rings (SSSR count). The highest BCUT2D eigenvalue weighted by molar-refractivity contribution is 7.36. The van der Waals surface area contributed by atoms with E-state index >= 15 is 0 Å². The molecule has 0 aromatic heterocycles. The van der Waals surface area contributed by atoms with Crippen molar-refractivity contribution in [2.24, 2.45) is 21.0 Å². The Hall–Kier alpha value is -0.880. The molecule has 7 nitrogen and oxygen atoms in total. The molecule has 0 saturated heterocycles. The first-order valence-electron chi connectivity index (χ1n) is 3.93. The van der Waals surface area contributed by atoms with Gasteiger partial charge in [0, 0.05) is 6.54 Å². The van der Waals surface area contributed by atoms with Crippen LogP contribution in [0, 0.1) is 0 Å². The highest BCUT2D eigenvalue weighted by Gasteiger charge is 2.09. The third-order valence-corrected chi connectivity index (χ3v) is 1.70. The van der Waals surface area contributed by atoms with Crippen molar-refractivity contribution in [2.45, 2.75) is 18.9 Å². The second-order valence-electron chi connectivity index (χ2n) is 2.53. The van der Waals surface area contributed by atoms with E-state index in [-0.39, 0.29) is 0 Å². The van der Waals surface area contributed by atoms with E-state index in [0.29, 0.717) is 19.4 Å². The molecule has 0 saturated carbocycles. The van der Waals surface area contributed by atoms with Crippen molar-refractivity contribution in [1.29, 1.82) is 0 Å². The number of nitrogens with two attached hydrogens (primary N) is 2. The van der Waals surface area contributed by atoms with Crippen LogP contribution in [0.2, 0.25) is 0 Å². The second-order valence-corrected chi connectivity index (χ2v) is 3.36. The van der Waals surface area contributed by atoms with Gasteiger partial charge in [0.1, 0.15) is 6.04 Å². The van der Waals surface area contributed by atoms with Crippen LogP contribution >= 0.6 is 8.09 Å². The Balaban J connectivity index is 3.52. The minimum atomic E-state index is -2.04. The Kier molecular flexibility index (Phi) is 7.04. The molecular weight excluding hydrogens is 207 g/mol.